The molecule has 0 aromatic heterocycles. The highest BCUT2D eigenvalue weighted by molar-refractivity contribution is 5.75. The van der Waals surface area contributed by atoms with Crippen LogP contribution in [0.2, 0.25) is 0 Å². The average Bonchev–Trinajstić information content (AvgIpc) is 2.78. The largest absolute Gasteiger partial charge is 0.522 e. The summed E-state index contributed by atoms with van der Waals surface area (Å²) in [5.74, 6) is -2.33. The number of alkyl halides is 6. The lowest BCUT2D eigenvalue weighted by Crippen LogP contribution is -2.44. The van der Waals surface area contributed by atoms with Crippen molar-refractivity contribution in [3.05, 3.63) is 0 Å². The molecule has 0 bridgehead atoms. The van der Waals surface area contributed by atoms with Crippen LogP contribution in [-0.4, -0.2) is 54.7 Å². The van der Waals surface area contributed by atoms with Crippen LogP contribution in [0.4, 0.5) is 26.3 Å². The first-order valence-corrected chi connectivity index (χ1v) is 6.25. The summed E-state index contributed by atoms with van der Waals surface area (Å²) in [6.07, 6.45) is -10.2. The summed E-state index contributed by atoms with van der Waals surface area (Å²) in [5.41, 5.74) is -0.989. The van der Waals surface area contributed by atoms with Gasteiger partial charge in [0.25, 0.3) is 0 Å². The Morgan fingerprint density at radius 2 is 1.90 bits per heavy atom. The van der Waals surface area contributed by atoms with E-state index in [2.05, 4.69) is 9.47 Å². The molecule has 0 aromatic carbocycles. The summed E-state index contributed by atoms with van der Waals surface area (Å²) >= 11 is 0. The Kier molecular flexibility index (Phi) is 4.13. The minimum absolute atomic E-state index is 0.0386. The van der Waals surface area contributed by atoms with Gasteiger partial charge in [-0.2, -0.15) is 13.2 Å². The maximum atomic E-state index is 12.2. The fourth-order valence-electron chi connectivity index (χ4n) is 3.02. The lowest BCUT2D eigenvalue weighted by atomic mass is 9.94. The van der Waals surface area contributed by atoms with Gasteiger partial charge in [0.05, 0.1) is 11.6 Å². The summed E-state index contributed by atoms with van der Waals surface area (Å²) in [7, 11) is 0. The van der Waals surface area contributed by atoms with E-state index in [1.807, 2.05) is 0 Å². The Balaban J connectivity index is 1.98. The normalized spacial score (nSPS) is 30.5. The lowest BCUT2D eigenvalue weighted by molar-refractivity contribution is -0.340. The van der Waals surface area contributed by atoms with E-state index in [0.717, 1.165) is 0 Å². The van der Waals surface area contributed by atoms with Gasteiger partial charge in [-0.25, -0.2) is 4.79 Å². The monoisotopic (exact) mass is 321 g/mol. The summed E-state index contributed by atoms with van der Waals surface area (Å²) in [5, 5.41) is 0. The number of ether oxygens (including phenoxy) is 2. The van der Waals surface area contributed by atoms with Crippen LogP contribution in [-0.2, 0) is 14.3 Å². The van der Waals surface area contributed by atoms with E-state index in [4.69, 9.17) is 0 Å². The van der Waals surface area contributed by atoms with Crippen LogP contribution < -0.4 is 0 Å². The van der Waals surface area contributed by atoms with Crippen LogP contribution in [0.25, 0.3) is 0 Å². The molecule has 2 saturated heterocycles. The molecule has 2 rings (SSSR count). The first kappa shape index (κ1) is 16.3. The number of halogens is 6. The van der Waals surface area contributed by atoms with Gasteiger partial charge in [0.2, 0.25) is 0 Å². The number of rotatable bonds is 3. The van der Waals surface area contributed by atoms with Crippen LogP contribution in [0.3, 0.4) is 0 Å². The molecular weight excluding hydrogens is 308 g/mol. The van der Waals surface area contributed by atoms with E-state index in [0.29, 0.717) is 19.4 Å². The number of hydrogen-bond donors (Lipinski definition) is 0. The van der Waals surface area contributed by atoms with Crippen LogP contribution >= 0.6 is 0 Å². The minimum Gasteiger partial charge on any atom is -0.457 e. The van der Waals surface area contributed by atoms with Crippen molar-refractivity contribution in [2.75, 3.05) is 19.7 Å². The summed E-state index contributed by atoms with van der Waals surface area (Å²) in [4.78, 5) is 12.3. The third kappa shape index (κ3) is 3.79. The maximum absolute atomic E-state index is 12.2. The summed E-state index contributed by atoms with van der Waals surface area (Å²) in [6.45, 7) is -0.173. The van der Waals surface area contributed by atoms with Gasteiger partial charge in [-0.3, -0.25) is 9.64 Å². The van der Waals surface area contributed by atoms with E-state index in [-0.39, 0.29) is 13.0 Å². The van der Waals surface area contributed by atoms with E-state index < -0.39 is 36.8 Å². The second-order valence-electron chi connectivity index (χ2n) is 5.24. The lowest BCUT2D eigenvalue weighted by Gasteiger charge is -2.31. The molecule has 0 unspecified atom stereocenters. The predicted octanol–water partition coefficient (Wildman–Crippen LogP) is 2.24. The van der Waals surface area contributed by atoms with Gasteiger partial charge in [0.15, 0.2) is 0 Å². The number of hydrogen-bond acceptors (Lipinski definition) is 4. The topological polar surface area (TPSA) is 38.8 Å². The average molecular weight is 321 g/mol. The molecule has 0 aromatic rings. The van der Waals surface area contributed by atoms with Crippen molar-refractivity contribution in [1.82, 2.24) is 4.90 Å². The first-order valence-electron chi connectivity index (χ1n) is 6.25. The maximum Gasteiger partial charge on any atom is 0.522 e. The molecule has 2 aliphatic heterocycles. The zero-order valence-electron chi connectivity index (χ0n) is 10.8. The molecule has 21 heavy (non-hydrogen) atoms. The van der Waals surface area contributed by atoms with Crippen molar-refractivity contribution in [3.63, 3.8) is 0 Å². The zero-order valence-corrected chi connectivity index (χ0v) is 10.8. The molecule has 0 spiro atoms. The number of carbonyl (C=O) groups excluding carboxylic acids is 1. The van der Waals surface area contributed by atoms with E-state index >= 15 is 0 Å². The molecule has 0 radical (unpaired) electrons. The molecular formula is C11H13F6NO3. The van der Waals surface area contributed by atoms with Crippen LogP contribution in [0, 0.1) is 0 Å². The quantitative estimate of drug-likeness (QED) is 0.590. The number of esters is 1. The Labute approximate surface area is 116 Å². The van der Waals surface area contributed by atoms with Crippen molar-refractivity contribution in [3.8, 4) is 0 Å². The van der Waals surface area contributed by atoms with Crippen LogP contribution in [0.15, 0.2) is 0 Å². The minimum atomic E-state index is -5.11. The van der Waals surface area contributed by atoms with Gasteiger partial charge in [0, 0.05) is 6.54 Å². The fourth-order valence-corrected chi connectivity index (χ4v) is 3.02. The Hall–Kier alpha value is -1.03. The van der Waals surface area contributed by atoms with Gasteiger partial charge in [-0.05, 0) is 25.8 Å². The Morgan fingerprint density at radius 3 is 2.48 bits per heavy atom. The standard InChI is InChI=1S/C11H13F6NO3/c12-10(13,14)8(19)20-6-9-2-1-3-18(9)5-7(4-9)21-11(15,16)17/h7H,1-6H2/t7-,9+/m0/s1. The summed E-state index contributed by atoms with van der Waals surface area (Å²) < 4.78 is 81.1. The molecule has 0 aliphatic carbocycles. The highest BCUT2D eigenvalue weighted by atomic mass is 19.4. The van der Waals surface area contributed by atoms with Crippen LogP contribution in [0.5, 0.6) is 0 Å². The number of nitrogens with zero attached hydrogens (tertiary/aromatic N) is 1. The zero-order chi connectivity index (χ0) is 15.9. The van der Waals surface area contributed by atoms with Gasteiger partial charge in [-0.1, -0.05) is 0 Å². The second-order valence-corrected chi connectivity index (χ2v) is 5.24. The van der Waals surface area contributed by atoms with Gasteiger partial charge in [0.1, 0.15) is 6.61 Å². The Bertz CT molecular complexity index is 410. The number of fused-ring (bicyclic) bond motifs is 1. The molecule has 2 atom stereocenters. The molecule has 0 N–H and O–H groups in total. The van der Waals surface area contributed by atoms with Crippen molar-refractivity contribution in [1.29, 1.82) is 0 Å². The predicted molar refractivity (Wildman–Crippen MR) is 56.1 cm³/mol. The molecule has 122 valence electrons. The van der Waals surface area contributed by atoms with Crippen molar-refractivity contribution >= 4 is 5.97 Å². The molecule has 4 nitrogen and oxygen atoms in total. The highest BCUT2D eigenvalue weighted by Gasteiger charge is 2.53. The van der Waals surface area contributed by atoms with Crippen molar-refractivity contribution in [2.45, 2.75) is 43.4 Å². The Morgan fingerprint density at radius 1 is 1.24 bits per heavy atom. The van der Waals surface area contributed by atoms with Gasteiger partial charge < -0.3 is 4.74 Å². The fraction of sp³-hybridized carbons (Fsp3) is 0.909. The van der Waals surface area contributed by atoms with E-state index in [9.17, 15) is 31.1 Å². The first-order chi connectivity index (χ1) is 9.52. The number of carbonyl (C=O) groups is 1. The molecule has 2 aliphatic rings. The second kappa shape index (κ2) is 5.31. The van der Waals surface area contributed by atoms with E-state index in [1.54, 1.807) is 4.90 Å². The van der Waals surface area contributed by atoms with Crippen molar-refractivity contribution < 1.29 is 40.6 Å². The highest BCUT2D eigenvalue weighted by Crippen LogP contribution is 2.41. The van der Waals surface area contributed by atoms with Crippen molar-refractivity contribution in [2.24, 2.45) is 0 Å². The molecule has 2 heterocycles. The van der Waals surface area contributed by atoms with E-state index in [1.165, 1.54) is 0 Å². The van der Waals surface area contributed by atoms with Gasteiger partial charge in [-0.15, -0.1) is 13.2 Å². The molecule has 0 saturated carbocycles. The SMILES string of the molecule is O=C(OC[C@]12CCCN1C[C@@H](OC(F)(F)F)C2)C(F)(F)F. The third-order valence-electron chi connectivity index (χ3n) is 3.78. The molecule has 0 amide bonds. The van der Waals surface area contributed by atoms with Gasteiger partial charge >= 0.3 is 18.5 Å². The molecule has 2 fully saturated rings. The third-order valence-corrected chi connectivity index (χ3v) is 3.78. The smallest absolute Gasteiger partial charge is 0.457 e. The summed E-state index contributed by atoms with van der Waals surface area (Å²) in [6, 6.07) is 0. The van der Waals surface area contributed by atoms with Crippen LogP contribution in [0.1, 0.15) is 19.3 Å². The molecule has 10 heteroatoms.